The average Bonchev–Trinajstić information content (AvgIpc) is 2.46. The molecule has 1 aliphatic rings. The number of anilines is 1. The summed E-state index contributed by atoms with van der Waals surface area (Å²) in [4.78, 5) is 0. The van der Waals surface area contributed by atoms with Gasteiger partial charge in [0.05, 0.1) is 0 Å². The normalized spacial score (nSPS) is 15.0. The Labute approximate surface area is 127 Å². The van der Waals surface area contributed by atoms with E-state index in [1.807, 2.05) is 6.92 Å². The highest BCUT2D eigenvalue weighted by atomic mass is 16.5. The Balaban J connectivity index is 2.50. The molecular weight excluding hydrogens is 262 g/mol. The summed E-state index contributed by atoms with van der Waals surface area (Å²) in [6.07, 6.45) is 5.83. The largest absolute Gasteiger partial charge is 0.385 e. The first-order valence-electron chi connectivity index (χ1n) is 7.98. The number of benzene rings is 1. The Morgan fingerprint density at radius 2 is 2.19 bits per heavy atom. The fraction of sp³-hybridized carbons (Fsp3) is 0.556. The van der Waals surface area contributed by atoms with Crippen molar-refractivity contribution in [3.8, 4) is 0 Å². The lowest BCUT2D eigenvalue weighted by atomic mass is 9.87. The lowest BCUT2D eigenvalue weighted by Crippen LogP contribution is -2.16. The van der Waals surface area contributed by atoms with E-state index in [-0.39, 0.29) is 0 Å². The second-order valence-electron chi connectivity index (χ2n) is 5.96. The Morgan fingerprint density at radius 1 is 1.43 bits per heavy atom. The molecule has 21 heavy (non-hydrogen) atoms. The van der Waals surface area contributed by atoms with Crippen LogP contribution in [-0.4, -0.2) is 23.0 Å². The lowest BCUT2D eigenvalue weighted by molar-refractivity contribution is 0.00275. The number of hydrogen-bond acceptors (Lipinski definition) is 3. The van der Waals surface area contributed by atoms with Crippen LogP contribution in [-0.2, 0) is 12.8 Å². The van der Waals surface area contributed by atoms with Crippen LogP contribution in [0.4, 0.5) is 5.69 Å². The molecular formula is C18H27NO2. The highest BCUT2D eigenvalue weighted by molar-refractivity contribution is 5.74. The van der Waals surface area contributed by atoms with Crippen LogP contribution < -0.4 is 5.32 Å². The Hall–Kier alpha value is -1.32. The summed E-state index contributed by atoms with van der Waals surface area (Å²) in [5.74, 6) is 0. The first kappa shape index (κ1) is 16.1. The van der Waals surface area contributed by atoms with Crippen LogP contribution in [0.2, 0.25) is 0 Å². The molecule has 1 heterocycles. The third-order valence-electron chi connectivity index (χ3n) is 4.33. The summed E-state index contributed by atoms with van der Waals surface area (Å²) >= 11 is 0. The molecule has 3 nitrogen and oxygen atoms in total. The minimum atomic E-state index is -1.39. The minimum Gasteiger partial charge on any atom is -0.385 e. The van der Waals surface area contributed by atoms with E-state index in [0.717, 1.165) is 36.9 Å². The zero-order chi connectivity index (χ0) is 15.4. The highest BCUT2D eigenvalue weighted by Crippen LogP contribution is 2.35. The van der Waals surface area contributed by atoms with Crippen LogP contribution in [0.25, 0.3) is 5.57 Å². The first-order chi connectivity index (χ1) is 10.0. The van der Waals surface area contributed by atoms with Gasteiger partial charge in [-0.25, -0.2) is 0 Å². The molecule has 116 valence electrons. The molecule has 1 aliphatic heterocycles. The predicted octanol–water partition coefficient (Wildman–Crippen LogP) is 3.41. The molecule has 0 spiro atoms. The van der Waals surface area contributed by atoms with E-state index in [9.17, 15) is 10.2 Å². The fourth-order valence-corrected chi connectivity index (χ4v) is 3.20. The molecule has 0 amide bonds. The molecule has 2 rings (SSSR count). The van der Waals surface area contributed by atoms with Crippen molar-refractivity contribution in [2.75, 3.05) is 11.9 Å². The number of hydrogen-bond donors (Lipinski definition) is 3. The number of aliphatic hydroxyl groups is 2. The van der Waals surface area contributed by atoms with E-state index in [2.05, 4.69) is 25.2 Å². The van der Waals surface area contributed by atoms with Gasteiger partial charge in [0.1, 0.15) is 0 Å². The molecule has 3 heteroatoms. The Kier molecular flexibility index (Phi) is 5.43. The predicted molar refractivity (Wildman–Crippen MR) is 88.5 cm³/mol. The molecule has 0 bridgehead atoms. The van der Waals surface area contributed by atoms with E-state index in [4.69, 9.17) is 0 Å². The zero-order valence-corrected chi connectivity index (χ0v) is 13.4. The first-order valence-corrected chi connectivity index (χ1v) is 7.98. The summed E-state index contributed by atoms with van der Waals surface area (Å²) in [7, 11) is 0. The number of unbranched alkanes of at least 4 members (excludes halogenated alkanes) is 1. The Morgan fingerprint density at radius 3 is 2.86 bits per heavy atom. The van der Waals surface area contributed by atoms with E-state index in [1.165, 1.54) is 41.3 Å². The van der Waals surface area contributed by atoms with Gasteiger partial charge in [-0.1, -0.05) is 13.3 Å². The van der Waals surface area contributed by atoms with Gasteiger partial charge in [-0.3, -0.25) is 0 Å². The van der Waals surface area contributed by atoms with Gasteiger partial charge >= 0.3 is 0 Å². The third-order valence-corrected chi connectivity index (χ3v) is 4.33. The SMILES string of the molecule is CCCCc1cc(/C(C)=C\C(O)O)c(C)c2c1NCCC2. The smallest absolute Gasteiger partial charge is 0.171 e. The van der Waals surface area contributed by atoms with Crippen molar-refractivity contribution in [3.05, 3.63) is 34.4 Å². The van der Waals surface area contributed by atoms with Crippen molar-refractivity contribution in [1.82, 2.24) is 0 Å². The average molecular weight is 289 g/mol. The van der Waals surface area contributed by atoms with E-state index in [1.54, 1.807) is 0 Å². The van der Waals surface area contributed by atoms with Gasteiger partial charge in [0.2, 0.25) is 0 Å². The minimum absolute atomic E-state index is 0.939. The monoisotopic (exact) mass is 289 g/mol. The van der Waals surface area contributed by atoms with E-state index in [0.29, 0.717) is 0 Å². The van der Waals surface area contributed by atoms with Crippen LogP contribution in [0.15, 0.2) is 12.1 Å². The van der Waals surface area contributed by atoms with Gasteiger partial charge in [-0.2, -0.15) is 0 Å². The number of fused-ring (bicyclic) bond motifs is 1. The van der Waals surface area contributed by atoms with Crippen LogP contribution in [0.5, 0.6) is 0 Å². The van der Waals surface area contributed by atoms with Crippen LogP contribution in [0.3, 0.4) is 0 Å². The van der Waals surface area contributed by atoms with Gasteiger partial charge in [0.15, 0.2) is 6.29 Å². The molecule has 3 N–H and O–H groups in total. The molecule has 1 aromatic rings. The zero-order valence-electron chi connectivity index (χ0n) is 13.4. The van der Waals surface area contributed by atoms with Crippen LogP contribution in [0, 0.1) is 6.92 Å². The van der Waals surface area contributed by atoms with Crippen molar-refractivity contribution >= 4 is 11.3 Å². The molecule has 0 unspecified atom stereocenters. The number of aryl methyl sites for hydroxylation is 1. The van der Waals surface area contributed by atoms with Crippen molar-refractivity contribution in [3.63, 3.8) is 0 Å². The summed E-state index contributed by atoms with van der Waals surface area (Å²) in [6.45, 7) is 7.36. The second-order valence-corrected chi connectivity index (χ2v) is 5.96. The van der Waals surface area contributed by atoms with Crippen molar-refractivity contribution in [2.45, 2.75) is 59.2 Å². The quantitative estimate of drug-likeness (QED) is 0.728. The molecule has 0 saturated heterocycles. The number of aliphatic hydroxyl groups excluding tert-OH is 1. The highest BCUT2D eigenvalue weighted by Gasteiger charge is 2.18. The maximum absolute atomic E-state index is 9.19. The molecule has 0 aliphatic carbocycles. The summed E-state index contributed by atoms with van der Waals surface area (Å²) in [5.41, 5.74) is 7.46. The molecule has 0 saturated carbocycles. The Bertz CT molecular complexity index is 533. The van der Waals surface area contributed by atoms with Gasteiger partial charge in [-0.15, -0.1) is 0 Å². The van der Waals surface area contributed by atoms with Gasteiger partial charge in [0.25, 0.3) is 0 Å². The van der Waals surface area contributed by atoms with Gasteiger partial charge in [0, 0.05) is 12.2 Å². The summed E-state index contributed by atoms with van der Waals surface area (Å²) in [5, 5.41) is 22.0. The van der Waals surface area contributed by atoms with E-state index >= 15 is 0 Å². The van der Waals surface area contributed by atoms with Crippen LogP contribution >= 0.6 is 0 Å². The maximum Gasteiger partial charge on any atom is 0.171 e. The maximum atomic E-state index is 9.19. The molecule has 0 radical (unpaired) electrons. The van der Waals surface area contributed by atoms with Crippen LogP contribution in [0.1, 0.15) is 55.4 Å². The van der Waals surface area contributed by atoms with Gasteiger partial charge in [-0.05, 0) is 79.5 Å². The van der Waals surface area contributed by atoms with Crippen molar-refractivity contribution in [1.29, 1.82) is 0 Å². The second kappa shape index (κ2) is 7.10. The van der Waals surface area contributed by atoms with Crippen molar-refractivity contribution in [2.24, 2.45) is 0 Å². The summed E-state index contributed by atoms with van der Waals surface area (Å²) in [6, 6.07) is 2.23. The number of allylic oxidation sites excluding steroid dienone is 1. The standard InChI is InChI=1S/C18H27NO2/c1-4-5-7-14-11-16(12(2)10-17(20)21)13(3)15-8-6-9-19-18(14)15/h10-11,17,19-21H,4-9H2,1-3H3/b12-10-. The van der Waals surface area contributed by atoms with Crippen molar-refractivity contribution < 1.29 is 10.2 Å². The lowest BCUT2D eigenvalue weighted by Gasteiger charge is -2.26. The number of nitrogens with one attached hydrogen (secondary N) is 1. The molecule has 0 fully saturated rings. The summed E-state index contributed by atoms with van der Waals surface area (Å²) < 4.78 is 0. The molecule has 1 aromatic carbocycles. The fourth-order valence-electron chi connectivity index (χ4n) is 3.20. The van der Waals surface area contributed by atoms with E-state index < -0.39 is 6.29 Å². The number of rotatable bonds is 5. The molecule has 0 atom stereocenters. The molecule has 0 aromatic heterocycles. The van der Waals surface area contributed by atoms with Gasteiger partial charge < -0.3 is 15.5 Å². The third kappa shape index (κ3) is 3.66. The topological polar surface area (TPSA) is 52.5 Å².